The number of benzene rings is 2. The van der Waals surface area contributed by atoms with E-state index in [2.05, 4.69) is 64.6 Å². The molecule has 0 N–H and O–H groups in total. The lowest BCUT2D eigenvalue weighted by molar-refractivity contribution is -0.107. The molecule has 1 aliphatic carbocycles. The van der Waals surface area contributed by atoms with E-state index in [9.17, 15) is 0 Å². The van der Waals surface area contributed by atoms with Crippen molar-refractivity contribution in [2.75, 3.05) is 6.54 Å². The first-order valence-corrected chi connectivity index (χ1v) is 8.32. The van der Waals surface area contributed by atoms with Crippen molar-refractivity contribution in [1.29, 1.82) is 0 Å². The molecule has 1 aliphatic heterocycles. The van der Waals surface area contributed by atoms with Crippen LogP contribution in [0, 0.1) is 0 Å². The van der Waals surface area contributed by atoms with Gasteiger partial charge in [0.2, 0.25) is 0 Å². The van der Waals surface area contributed by atoms with Gasteiger partial charge >= 0.3 is 0 Å². The smallest absolute Gasteiger partial charge is 0.0999 e. The lowest BCUT2D eigenvalue weighted by Gasteiger charge is -2.26. The Kier molecular flexibility index (Phi) is 3.60. The number of alkyl halides is 1. The molecule has 0 aromatic heterocycles. The van der Waals surface area contributed by atoms with E-state index in [1.54, 1.807) is 0 Å². The summed E-state index contributed by atoms with van der Waals surface area (Å²) in [6, 6.07) is 16.7. The summed E-state index contributed by atoms with van der Waals surface area (Å²) >= 11 is 3.72. The standard InChI is InChI=1S/C19H16BrNO/c20-18-10-9-16-12-21(22-13-14-5-2-1-3-6-14)11-15-7-4-8-17(18)19(15)16/h1-11,18H,12-13H2. The Morgan fingerprint density at radius 3 is 2.82 bits per heavy atom. The Morgan fingerprint density at radius 2 is 1.95 bits per heavy atom. The van der Waals surface area contributed by atoms with Crippen molar-refractivity contribution in [2.24, 2.45) is 0 Å². The van der Waals surface area contributed by atoms with Crippen LogP contribution in [-0.2, 0) is 11.4 Å². The molecule has 3 heteroatoms. The van der Waals surface area contributed by atoms with E-state index in [1.165, 1.54) is 27.1 Å². The third-order valence-corrected chi connectivity index (χ3v) is 4.86. The van der Waals surface area contributed by atoms with Gasteiger partial charge in [0.25, 0.3) is 0 Å². The van der Waals surface area contributed by atoms with E-state index >= 15 is 0 Å². The van der Waals surface area contributed by atoms with Gasteiger partial charge in [0.15, 0.2) is 0 Å². The van der Waals surface area contributed by atoms with Crippen LogP contribution >= 0.6 is 15.9 Å². The Balaban J connectivity index is 1.64. The fourth-order valence-electron chi connectivity index (χ4n) is 3.00. The summed E-state index contributed by atoms with van der Waals surface area (Å²) in [4.78, 5) is 6.26. The highest BCUT2D eigenvalue weighted by Gasteiger charge is 2.18. The molecule has 2 aliphatic rings. The Hall–Kier alpha value is -1.84. The molecule has 1 atom stereocenters. The van der Waals surface area contributed by atoms with Crippen molar-refractivity contribution < 1.29 is 4.84 Å². The van der Waals surface area contributed by atoms with Crippen LogP contribution in [0.3, 0.4) is 0 Å². The van der Waals surface area contributed by atoms with Crippen molar-refractivity contribution >= 4 is 27.7 Å². The number of halogens is 1. The monoisotopic (exact) mass is 353 g/mol. The summed E-state index contributed by atoms with van der Waals surface area (Å²) in [6.07, 6.45) is 6.50. The average molecular weight is 354 g/mol. The molecule has 0 spiro atoms. The summed E-state index contributed by atoms with van der Waals surface area (Å²) in [5.41, 5.74) is 3.84. The van der Waals surface area contributed by atoms with Gasteiger partial charge in [-0.05, 0) is 21.9 Å². The fourth-order valence-corrected chi connectivity index (χ4v) is 3.53. The van der Waals surface area contributed by atoms with Crippen LogP contribution in [0.25, 0.3) is 11.8 Å². The zero-order chi connectivity index (χ0) is 14.9. The van der Waals surface area contributed by atoms with E-state index in [1.807, 2.05) is 23.3 Å². The van der Waals surface area contributed by atoms with E-state index in [4.69, 9.17) is 4.84 Å². The molecular weight excluding hydrogens is 338 g/mol. The zero-order valence-corrected chi connectivity index (χ0v) is 13.7. The van der Waals surface area contributed by atoms with Crippen molar-refractivity contribution in [3.05, 3.63) is 82.2 Å². The van der Waals surface area contributed by atoms with Gasteiger partial charge in [-0.2, -0.15) is 0 Å². The summed E-state index contributed by atoms with van der Waals surface area (Å²) in [7, 11) is 0. The molecule has 0 amide bonds. The number of rotatable bonds is 3. The molecular formula is C19H16BrNO. The molecule has 2 aromatic rings. The topological polar surface area (TPSA) is 12.5 Å². The predicted molar refractivity (Wildman–Crippen MR) is 92.3 cm³/mol. The summed E-state index contributed by atoms with van der Waals surface area (Å²) in [5, 5.41) is 4.51. The zero-order valence-electron chi connectivity index (χ0n) is 12.1. The van der Waals surface area contributed by atoms with Crippen LogP contribution in [0.1, 0.15) is 16.0 Å². The number of hydrogen-bond donors (Lipinski definition) is 0. The molecule has 22 heavy (non-hydrogen) atoms. The van der Waals surface area contributed by atoms with Gasteiger partial charge < -0.3 is 0 Å². The lowest BCUT2D eigenvalue weighted by atomic mass is 9.96. The molecule has 4 rings (SSSR count). The largest absolute Gasteiger partial charge is 0.269 e. The maximum absolute atomic E-state index is 5.96. The first kappa shape index (κ1) is 13.8. The second-order valence-corrected chi connectivity index (χ2v) is 6.55. The summed E-state index contributed by atoms with van der Waals surface area (Å²) in [6.45, 7) is 1.37. The third-order valence-electron chi connectivity index (χ3n) is 4.06. The van der Waals surface area contributed by atoms with E-state index < -0.39 is 0 Å². The average Bonchev–Trinajstić information content (AvgIpc) is 2.57. The Bertz CT molecular complexity index is 841. The van der Waals surface area contributed by atoms with Gasteiger partial charge in [-0.25, -0.2) is 0 Å². The van der Waals surface area contributed by atoms with Crippen LogP contribution in [0.5, 0.6) is 0 Å². The molecule has 1 unspecified atom stereocenters. The van der Waals surface area contributed by atoms with Gasteiger partial charge in [0.05, 0.1) is 18.0 Å². The van der Waals surface area contributed by atoms with Crippen LogP contribution < -0.4 is 10.4 Å². The molecule has 0 radical (unpaired) electrons. The molecule has 0 saturated heterocycles. The highest BCUT2D eigenvalue weighted by atomic mass is 79.9. The van der Waals surface area contributed by atoms with Gasteiger partial charge in [-0.1, -0.05) is 76.6 Å². The predicted octanol–water partition coefficient (Wildman–Crippen LogP) is 3.03. The molecule has 2 nitrogen and oxygen atoms in total. The van der Waals surface area contributed by atoms with Gasteiger partial charge in [0.1, 0.15) is 0 Å². The summed E-state index contributed by atoms with van der Waals surface area (Å²) < 4.78 is 0. The van der Waals surface area contributed by atoms with Crippen LogP contribution in [0.4, 0.5) is 0 Å². The van der Waals surface area contributed by atoms with Crippen molar-refractivity contribution in [2.45, 2.75) is 11.4 Å². The molecule has 0 fully saturated rings. The van der Waals surface area contributed by atoms with Gasteiger partial charge in [-0.3, -0.25) is 9.90 Å². The van der Waals surface area contributed by atoms with Crippen LogP contribution in [0.15, 0.2) is 60.7 Å². The molecule has 0 saturated carbocycles. The molecule has 2 aromatic carbocycles. The van der Waals surface area contributed by atoms with Crippen LogP contribution in [-0.4, -0.2) is 11.6 Å². The van der Waals surface area contributed by atoms with Crippen molar-refractivity contribution in [1.82, 2.24) is 5.06 Å². The van der Waals surface area contributed by atoms with Gasteiger partial charge in [-0.15, -0.1) is 0 Å². The summed E-state index contributed by atoms with van der Waals surface area (Å²) in [5.74, 6) is 0. The number of hydroxylamine groups is 2. The minimum Gasteiger partial charge on any atom is -0.269 e. The third kappa shape index (κ3) is 2.51. The molecule has 0 bridgehead atoms. The fraction of sp³-hybridized carbons (Fsp3) is 0.158. The van der Waals surface area contributed by atoms with Crippen molar-refractivity contribution in [3.8, 4) is 0 Å². The quantitative estimate of drug-likeness (QED) is 0.786. The minimum atomic E-state index is 0.302. The first-order valence-electron chi connectivity index (χ1n) is 7.41. The highest BCUT2D eigenvalue weighted by molar-refractivity contribution is 9.09. The number of hydrogen-bond acceptors (Lipinski definition) is 2. The maximum Gasteiger partial charge on any atom is 0.0999 e. The lowest BCUT2D eigenvalue weighted by Crippen LogP contribution is -2.41. The molecule has 1 heterocycles. The maximum atomic E-state index is 5.96. The number of nitrogens with zero attached hydrogens (tertiary/aromatic N) is 1. The SMILES string of the molecule is BrC1C=CC2=c3c1cccc3=CN(OCc1ccccc1)C2. The Labute approximate surface area is 138 Å². The first-order chi connectivity index (χ1) is 10.8. The van der Waals surface area contributed by atoms with Gasteiger partial charge in [0, 0.05) is 11.4 Å². The van der Waals surface area contributed by atoms with E-state index in [0.29, 0.717) is 11.4 Å². The second kappa shape index (κ2) is 5.75. The number of allylic oxidation sites excluding steroid dienone is 1. The van der Waals surface area contributed by atoms with E-state index in [0.717, 1.165) is 6.54 Å². The van der Waals surface area contributed by atoms with Crippen molar-refractivity contribution in [3.63, 3.8) is 0 Å². The Morgan fingerprint density at radius 1 is 1.09 bits per heavy atom. The highest BCUT2D eigenvalue weighted by Crippen LogP contribution is 2.26. The second-order valence-electron chi connectivity index (χ2n) is 5.56. The normalized spacial score (nSPS) is 18.9. The van der Waals surface area contributed by atoms with Crippen LogP contribution in [0.2, 0.25) is 0 Å². The molecule has 110 valence electrons. The van der Waals surface area contributed by atoms with E-state index in [-0.39, 0.29) is 0 Å². The minimum absolute atomic E-state index is 0.302.